The van der Waals surface area contributed by atoms with Gasteiger partial charge in [0.25, 0.3) is 0 Å². The number of benzene rings is 1. The predicted octanol–water partition coefficient (Wildman–Crippen LogP) is 3.27. The van der Waals surface area contributed by atoms with E-state index in [0.717, 1.165) is 31.6 Å². The topological polar surface area (TPSA) is 12.5 Å². The SMILES string of the molecule is C=CCCCc1c(CN(C)C)cccc1OC. The molecule has 0 aliphatic heterocycles. The Morgan fingerprint density at radius 3 is 2.71 bits per heavy atom. The van der Waals surface area contributed by atoms with Crippen LogP contribution in [0.2, 0.25) is 0 Å². The van der Waals surface area contributed by atoms with E-state index in [4.69, 9.17) is 4.74 Å². The number of hydrogen-bond donors (Lipinski definition) is 0. The third kappa shape index (κ3) is 4.23. The van der Waals surface area contributed by atoms with E-state index in [9.17, 15) is 0 Å². The van der Waals surface area contributed by atoms with Crippen LogP contribution in [-0.2, 0) is 13.0 Å². The highest BCUT2D eigenvalue weighted by molar-refractivity contribution is 5.40. The van der Waals surface area contributed by atoms with Gasteiger partial charge in [-0.3, -0.25) is 0 Å². The van der Waals surface area contributed by atoms with E-state index in [-0.39, 0.29) is 0 Å². The molecule has 0 heterocycles. The van der Waals surface area contributed by atoms with Crippen LogP contribution in [-0.4, -0.2) is 26.1 Å². The quantitative estimate of drug-likeness (QED) is 0.529. The molecule has 1 rings (SSSR count). The molecule has 94 valence electrons. The summed E-state index contributed by atoms with van der Waals surface area (Å²) in [7, 11) is 5.92. The minimum atomic E-state index is 0.959. The second-order valence-corrected chi connectivity index (χ2v) is 4.52. The summed E-state index contributed by atoms with van der Waals surface area (Å²) in [6.07, 6.45) is 5.21. The van der Waals surface area contributed by atoms with Crippen molar-refractivity contribution in [3.63, 3.8) is 0 Å². The first-order valence-corrected chi connectivity index (χ1v) is 6.09. The van der Waals surface area contributed by atoms with Gasteiger partial charge in [-0.25, -0.2) is 0 Å². The fourth-order valence-corrected chi connectivity index (χ4v) is 2.00. The second kappa shape index (κ2) is 7.13. The average Bonchev–Trinajstić information content (AvgIpc) is 2.30. The fourth-order valence-electron chi connectivity index (χ4n) is 2.00. The lowest BCUT2D eigenvalue weighted by Crippen LogP contribution is -2.13. The van der Waals surface area contributed by atoms with Gasteiger partial charge in [0, 0.05) is 6.54 Å². The maximum Gasteiger partial charge on any atom is 0.122 e. The molecule has 0 saturated heterocycles. The van der Waals surface area contributed by atoms with Crippen molar-refractivity contribution in [1.29, 1.82) is 0 Å². The van der Waals surface area contributed by atoms with E-state index in [2.05, 4.69) is 37.7 Å². The zero-order valence-electron chi connectivity index (χ0n) is 11.2. The molecule has 2 heteroatoms. The zero-order valence-corrected chi connectivity index (χ0v) is 11.2. The number of hydrogen-bond acceptors (Lipinski definition) is 2. The van der Waals surface area contributed by atoms with Crippen LogP contribution in [0.4, 0.5) is 0 Å². The monoisotopic (exact) mass is 233 g/mol. The van der Waals surface area contributed by atoms with E-state index < -0.39 is 0 Å². The number of methoxy groups -OCH3 is 1. The van der Waals surface area contributed by atoms with Crippen LogP contribution < -0.4 is 4.74 Å². The Morgan fingerprint density at radius 1 is 1.35 bits per heavy atom. The smallest absolute Gasteiger partial charge is 0.122 e. The largest absolute Gasteiger partial charge is 0.496 e. The first-order chi connectivity index (χ1) is 8.19. The molecule has 0 bridgehead atoms. The summed E-state index contributed by atoms with van der Waals surface area (Å²) in [5.74, 6) is 1.01. The third-order valence-corrected chi connectivity index (χ3v) is 2.77. The Balaban J connectivity index is 2.89. The molecule has 0 fully saturated rings. The van der Waals surface area contributed by atoms with Crippen molar-refractivity contribution in [3.05, 3.63) is 42.0 Å². The minimum absolute atomic E-state index is 0.959. The molecule has 1 aromatic rings. The van der Waals surface area contributed by atoms with Gasteiger partial charge in [0.05, 0.1) is 7.11 Å². The lowest BCUT2D eigenvalue weighted by atomic mass is 10.00. The lowest BCUT2D eigenvalue weighted by Gasteiger charge is -2.16. The summed E-state index contributed by atoms with van der Waals surface area (Å²) < 4.78 is 5.45. The standard InChI is InChI=1S/C15H23NO/c1-5-6-7-10-14-13(12-16(2)3)9-8-11-15(14)17-4/h5,8-9,11H,1,6-7,10,12H2,2-4H3. The van der Waals surface area contributed by atoms with Gasteiger partial charge in [0.15, 0.2) is 0 Å². The zero-order chi connectivity index (χ0) is 12.7. The number of nitrogens with zero attached hydrogens (tertiary/aromatic N) is 1. The molecular weight excluding hydrogens is 210 g/mol. The molecule has 1 aromatic carbocycles. The molecule has 0 saturated carbocycles. The van der Waals surface area contributed by atoms with Crippen LogP contribution in [0.5, 0.6) is 5.75 Å². The summed E-state index contributed by atoms with van der Waals surface area (Å²) in [6.45, 7) is 4.72. The van der Waals surface area contributed by atoms with Gasteiger partial charge < -0.3 is 9.64 Å². The van der Waals surface area contributed by atoms with Crippen molar-refractivity contribution in [2.75, 3.05) is 21.2 Å². The fraction of sp³-hybridized carbons (Fsp3) is 0.467. The first kappa shape index (κ1) is 13.8. The highest BCUT2D eigenvalue weighted by atomic mass is 16.5. The van der Waals surface area contributed by atoms with Crippen LogP contribution in [0.1, 0.15) is 24.0 Å². The summed E-state index contributed by atoms with van der Waals surface area (Å²) in [4.78, 5) is 2.19. The molecule has 17 heavy (non-hydrogen) atoms. The second-order valence-electron chi connectivity index (χ2n) is 4.52. The molecule has 0 aliphatic carbocycles. The summed E-state index contributed by atoms with van der Waals surface area (Å²) >= 11 is 0. The van der Waals surface area contributed by atoms with Crippen LogP contribution in [0.15, 0.2) is 30.9 Å². The van der Waals surface area contributed by atoms with Crippen LogP contribution in [0.25, 0.3) is 0 Å². The molecular formula is C15H23NO. The van der Waals surface area contributed by atoms with E-state index >= 15 is 0 Å². The molecule has 0 N–H and O–H groups in total. The molecule has 0 aromatic heterocycles. The van der Waals surface area contributed by atoms with E-state index in [1.165, 1.54) is 11.1 Å². The van der Waals surface area contributed by atoms with Crippen LogP contribution in [0, 0.1) is 0 Å². The highest BCUT2D eigenvalue weighted by Crippen LogP contribution is 2.25. The molecule has 0 unspecified atom stereocenters. The Morgan fingerprint density at radius 2 is 2.12 bits per heavy atom. The van der Waals surface area contributed by atoms with Gasteiger partial charge >= 0.3 is 0 Å². The molecule has 0 atom stereocenters. The molecule has 2 nitrogen and oxygen atoms in total. The van der Waals surface area contributed by atoms with Crippen molar-refractivity contribution in [2.24, 2.45) is 0 Å². The Labute approximate surface area is 105 Å². The Kier molecular flexibility index (Phi) is 5.78. The number of rotatable bonds is 7. The van der Waals surface area contributed by atoms with E-state index in [0.29, 0.717) is 0 Å². The lowest BCUT2D eigenvalue weighted by molar-refractivity contribution is 0.389. The molecule has 0 spiro atoms. The van der Waals surface area contributed by atoms with Crippen molar-refractivity contribution in [3.8, 4) is 5.75 Å². The van der Waals surface area contributed by atoms with Crippen molar-refractivity contribution in [1.82, 2.24) is 4.90 Å². The molecule has 0 aliphatic rings. The maximum atomic E-state index is 5.45. The molecule has 0 amide bonds. The summed E-state index contributed by atoms with van der Waals surface area (Å²) in [5.41, 5.74) is 2.70. The minimum Gasteiger partial charge on any atom is -0.496 e. The van der Waals surface area contributed by atoms with Gasteiger partial charge in [-0.15, -0.1) is 6.58 Å². The molecule has 0 radical (unpaired) electrons. The van der Waals surface area contributed by atoms with Crippen molar-refractivity contribution in [2.45, 2.75) is 25.8 Å². The third-order valence-electron chi connectivity index (χ3n) is 2.77. The number of unbranched alkanes of at least 4 members (excludes halogenated alkanes) is 1. The van der Waals surface area contributed by atoms with Gasteiger partial charge in [-0.1, -0.05) is 18.2 Å². The maximum absolute atomic E-state index is 5.45. The van der Waals surface area contributed by atoms with Crippen molar-refractivity contribution >= 4 is 0 Å². The van der Waals surface area contributed by atoms with Gasteiger partial charge in [-0.05, 0) is 50.6 Å². The normalized spacial score (nSPS) is 10.6. The van der Waals surface area contributed by atoms with Crippen LogP contribution in [0.3, 0.4) is 0 Å². The summed E-state index contributed by atoms with van der Waals surface area (Å²) in [5, 5.41) is 0. The van der Waals surface area contributed by atoms with Crippen LogP contribution >= 0.6 is 0 Å². The van der Waals surface area contributed by atoms with E-state index in [1.54, 1.807) is 7.11 Å². The Hall–Kier alpha value is -1.28. The average molecular weight is 233 g/mol. The Bertz CT molecular complexity index is 358. The van der Waals surface area contributed by atoms with Gasteiger partial charge in [0.2, 0.25) is 0 Å². The van der Waals surface area contributed by atoms with Gasteiger partial charge in [0.1, 0.15) is 5.75 Å². The first-order valence-electron chi connectivity index (χ1n) is 6.09. The number of allylic oxidation sites excluding steroid dienone is 1. The van der Waals surface area contributed by atoms with Crippen molar-refractivity contribution < 1.29 is 4.74 Å². The number of ether oxygens (including phenoxy) is 1. The predicted molar refractivity (Wildman–Crippen MR) is 73.5 cm³/mol. The van der Waals surface area contributed by atoms with Gasteiger partial charge in [-0.2, -0.15) is 0 Å². The summed E-state index contributed by atoms with van der Waals surface area (Å²) in [6, 6.07) is 6.29. The highest BCUT2D eigenvalue weighted by Gasteiger charge is 2.09. The van der Waals surface area contributed by atoms with E-state index in [1.807, 2.05) is 12.1 Å².